The van der Waals surface area contributed by atoms with E-state index in [0.29, 0.717) is 30.1 Å². The van der Waals surface area contributed by atoms with Crippen molar-refractivity contribution in [3.63, 3.8) is 0 Å². The minimum absolute atomic E-state index is 0.0424. The van der Waals surface area contributed by atoms with Crippen LogP contribution in [0.15, 0.2) is 27.5 Å². The Bertz CT molecular complexity index is 637. The second-order valence-electron chi connectivity index (χ2n) is 4.36. The fourth-order valence-corrected chi connectivity index (χ4v) is 2.26. The summed E-state index contributed by atoms with van der Waals surface area (Å²) in [5.41, 5.74) is 0.630. The molecule has 1 aromatic heterocycles. The molecule has 0 saturated heterocycles. The summed E-state index contributed by atoms with van der Waals surface area (Å²) < 4.78 is 8.09. The van der Waals surface area contributed by atoms with Crippen molar-refractivity contribution in [3.8, 4) is 6.01 Å². The van der Waals surface area contributed by atoms with Crippen LogP contribution in [-0.4, -0.2) is 16.2 Å². The number of halogens is 1. The highest BCUT2D eigenvalue weighted by Gasteiger charge is 2.11. The average molecular weight is 325 g/mol. The molecule has 0 bridgehead atoms. The van der Waals surface area contributed by atoms with Crippen LogP contribution >= 0.6 is 15.9 Å². The van der Waals surface area contributed by atoms with E-state index in [2.05, 4.69) is 20.9 Å². The van der Waals surface area contributed by atoms with Gasteiger partial charge >= 0.3 is 0 Å². The van der Waals surface area contributed by atoms with Gasteiger partial charge in [0.1, 0.15) is 0 Å². The number of hydrogen-bond donors (Lipinski definition) is 0. The topological polar surface area (TPSA) is 44.1 Å². The van der Waals surface area contributed by atoms with E-state index in [9.17, 15) is 4.79 Å². The summed E-state index contributed by atoms with van der Waals surface area (Å²) in [6.45, 7) is 5.24. The molecule has 0 N–H and O–H groups in total. The van der Waals surface area contributed by atoms with Crippen molar-refractivity contribution in [2.75, 3.05) is 6.61 Å². The van der Waals surface area contributed by atoms with E-state index in [1.165, 1.54) is 0 Å². The van der Waals surface area contributed by atoms with Crippen LogP contribution in [0.1, 0.15) is 26.7 Å². The van der Waals surface area contributed by atoms with E-state index in [1.54, 1.807) is 10.6 Å². The summed E-state index contributed by atoms with van der Waals surface area (Å²) in [4.78, 5) is 16.9. The standard InChI is InChI=1S/C14H17BrN2O2/c1-3-7-17-13(18)11-9-10(15)5-6-12(11)16-14(17)19-8-4-2/h5-6,9H,3-4,7-8H2,1-2H3. The molecule has 0 amide bonds. The predicted octanol–water partition coefficient (Wildman–Crippen LogP) is 3.36. The van der Waals surface area contributed by atoms with Gasteiger partial charge in [0.15, 0.2) is 0 Å². The van der Waals surface area contributed by atoms with Gasteiger partial charge in [-0.15, -0.1) is 0 Å². The van der Waals surface area contributed by atoms with Gasteiger partial charge in [-0.2, -0.15) is 4.98 Å². The Hall–Kier alpha value is -1.36. The highest BCUT2D eigenvalue weighted by atomic mass is 79.9. The quantitative estimate of drug-likeness (QED) is 0.847. The van der Waals surface area contributed by atoms with Crippen LogP contribution in [0.3, 0.4) is 0 Å². The Labute approximate surface area is 120 Å². The molecule has 2 aromatic rings. The summed E-state index contributed by atoms with van der Waals surface area (Å²) in [7, 11) is 0. The van der Waals surface area contributed by atoms with Gasteiger partial charge in [0.25, 0.3) is 11.6 Å². The first-order valence-corrected chi connectivity index (χ1v) is 7.29. The van der Waals surface area contributed by atoms with Gasteiger partial charge in [0, 0.05) is 11.0 Å². The van der Waals surface area contributed by atoms with Crippen LogP contribution in [0.25, 0.3) is 10.9 Å². The minimum atomic E-state index is -0.0424. The number of benzene rings is 1. The van der Waals surface area contributed by atoms with Gasteiger partial charge in [0.05, 0.1) is 17.5 Å². The van der Waals surface area contributed by atoms with Crippen LogP contribution in [0, 0.1) is 0 Å². The molecule has 0 aliphatic carbocycles. The molecular formula is C14H17BrN2O2. The highest BCUT2D eigenvalue weighted by Crippen LogP contribution is 2.18. The fraction of sp³-hybridized carbons (Fsp3) is 0.429. The number of rotatable bonds is 5. The Balaban J connectivity index is 2.63. The summed E-state index contributed by atoms with van der Waals surface area (Å²) in [6.07, 6.45) is 1.75. The lowest BCUT2D eigenvalue weighted by Gasteiger charge is -2.12. The van der Waals surface area contributed by atoms with E-state index in [0.717, 1.165) is 17.3 Å². The molecule has 0 spiro atoms. The van der Waals surface area contributed by atoms with E-state index in [-0.39, 0.29) is 5.56 Å². The first-order valence-electron chi connectivity index (χ1n) is 6.50. The minimum Gasteiger partial charge on any atom is -0.465 e. The third kappa shape index (κ3) is 2.97. The van der Waals surface area contributed by atoms with Crippen molar-refractivity contribution in [2.45, 2.75) is 33.2 Å². The Morgan fingerprint density at radius 3 is 2.79 bits per heavy atom. The van der Waals surface area contributed by atoms with Crippen LogP contribution in [-0.2, 0) is 6.54 Å². The molecule has 4 nitrogen and oxygen atoms in total. The van der Waals surface area contributed by atoms with Gasteiger partial charge < -0.3 is 4.74 Å². The number of ether oxygens (including phenoxy) is 1. The molecule has 0 radical (unpaired) electrons. The first-order chi connectivity index (χ1) is 9.17. The third-order valence-corrected chi connectivity index (χ3v) is 3.26. The van der Waals surface area contributed by atoms with Gasteiger partial charge in [-0.1, -0.05) is 29.8 Å². The van der Waals surface area contributed by atoms with Gasteiger partial charge in [-0.3, -0.25) is 9.36 Å². The van der Waals surface area contributed by atoms with Crippen LogP contribution < -0.4 is 10.3 Å². The number of nitrogens with zero attached hydrogens (tertiary/aromatic N) is 2. The molecule has 0 aliphatic rings. The largest absolute Gasteiger partial charge is 0.465 e. The Morgan fingerprint density at radius 2 is 2.11 bits per heavy atom. The molecular weight excluding hydrogens is 308 g/mol. The fourth-order valence-electron chi connectivity index (χ4n) is 1.90. The Morgan fingerprint density at radius 1 is 1.32 bits per heavy atom. The zero-order valence-corrected chi connectivity index (χ0v) is 12.7. The monoisotopic (exact) mass is 324 g/mol. The summed E-state index contributed by atoms with van der Waals surface area (Å²) in [5, 5.41) is 0.617. The van der Waals surface area contributed by atoms with E-state index in [4.69, 9.17) is 4.74 Å². The molecule has 2 rings (SSSR count). The van der Waals surface area contributed by atoms with E-state index in [1.807, 2.05) is 26.0 Å². The summed E-state index contributed by atoms with van der Waals surface area (Å²) in [5.74, 6) is 0. The first kappa shape index (κ1) is 14.1. The zero-order chi connectivity index (χ0) is 13.8. The van der Waals surface area contributed by atoms with Crippen molar-refractivity contribution in [3.05, 3.63) is 33.0 Å². The van der Waals surface area contributed by atoms with Crippen molar-refractivity contribution < 1.29 is 4.74 Å². The van der Waals surface area contributed by atoms with Crippen molar-refractivity contribution >= 4 is 26.8 Å². The lowest BCUT2D eigenvalue weighted by molar-refractivity contribution is 0.272. The summed E-state index contributed by atoms with van der Waals surface area (Å²) >= 11 is 3.38. The lowest BCUT2D eigenvalue weighted by atomic mass is 10.2. The molecule has 0 saturated carbocycles. The molecule has 0 atom stereocenters. The zero-order valence-electron chi connectivity index (χ0n) is 11.1. The SMILES string of the molecule is CCCOc1nc2ccc(Br)cc2c(=O)n1CCC. The maximum atomic E-state index is 12.5. The lowest BCUT2D eigenvalue weighted by Crippen LogP contribution is -2.23. The molecule has 0 fully saturated rings. The molecule has 5 heteroatoms. The van der Waals surface area contributed by atoms with Gasteiger partial charge in [-0.05, 0) is 31.0 Å². The number of aromatic nitrogens is 2. The molecule has 19 heavy (non-hydrogen) atoms. The molecule has 102 valence electrons. The van der Waals surface area contributed by atoms with Gasteiger partial charge in [-0.25, -0.2) is 0 Å². The average Bonchev–Trinajstić information content (AvgIpc) is 2.41. The number of fused-ring (bicyclic) bond motifs is 1. The van der Waals surface area contributed by atoms with Gasteiger partial charge in [0.2, 0.25) is 0 Å². The normalized spacial score (nSPS) is 10.9. The maximum absolute atomic E-state index is 12.5. The summed E-state index contributed by atoms with van der Waals surface area (Å²) in [6, 6.07) is 5.93. The second kappa shape index (κ2) is 6.19. The maximum Gasteiger partial charge on any atom is 0.299 e. The van der Waals surface area contributed by atoms with Crippen molar-refractivity contribution in [1.82, 2.24) is 9.55 Å². The molecule has 1 heterocycles. The van der Waals surface area contributed by atoms with Crippen LogP contribution in [0.2, 0.25) is 0 Å². The second-order valence-corrected chi connectivity index (χ2v) is 5.28. The predicted molar refractivity (Wildman–Crippen MR) is 79.8 cm³/mol. The van der Waals surface area contributed by atoms with Crippen molar-refractivity contribution in [1.29, 1.82) is 0 Å². The van der Waals surface area contributed by atoms with E-state index < -0.39 is 0 Å². The van der Waals surface area contributed by atoms with Crippen LogP contribution in [0.5, 0.6) is 6.01 Å². The van der Waals surface area contributed by atoms with E-state index >= 15 is 0 Å². The number of hydrogen-bond acceptors (Lipinski definition) is 3. The molecule has 0 unspecified atom stereocenters. The molecule has 1 aromatic carbocycles. The Kier molecular flexibility index (Phi) is 4.58. The van der Waals surface area contributed by atoms with Crippen molar-refractivity contribution in [2.24, 2.45) is 0 Å². The third-order valence-electron chi connectivity index (χ3n) is 2.76. The highest BCUT2D eigenvalue weighted by molar-refractivity contribution is 9.10. The molecule has 0 aliphatic heterocycles. The smallest absolute Gasteiger partial charge is 0.299 e. The van der Waals surface area contributed by atoms with Crippen LogP contribution in [0.4, 0.5) is 0 Å².